The van der Waals surface area contributed by atoms with Crippen molar-refractivity contribution >= 4 is 23.0 Å². The quantitative estimate of drug-likeness (QED) is 0.904. The molecule has 3 heterocycles. The number of nitrogens with one attached hydrogen (secondary N) is 1. The lowest BCUT2D eigenvalue weighted by molar-refractivity contribution is -0.134. The zero-order chi connectivity index (χ0) is 16.9. The number of amides is 1. The van der Waals surface area contributed by atoms with Crippen molar-refractivity contribution in [1.29, 1.82) is 0 Å². The largest absolute Gasteiger partial charge is 0.423 e. The van der Waals surface area contributed by atoms with Crippen LogP contribution in [0.15, 0.2) is 28.7 Å². The standard InChI is InChI=1S/C19H24N4O2/c24-17(14-13-19(14)5-7-20-8-6-19)22-9-11-23(12-10-22)18-21-15-3-1-2-4-16(15)25-18/h1-4,14,20H,5-13H2. The first-order valence-electron chi connectivity index (χ1n) is 9.35. The predicted octanol–water partition coefficient (Wildman–Crippen LogP) is 1.87. The second-order valence-corrected chi connectivity index (χ2v) is 7.65. The molecule has 1 aromatic carbocycles. The van der Waals surface area contributed by atoms with Gasteiger partial charge in [0, 0.05) is 32.1 Å². The van der Waals surface area contributed by atoms with Crippen molar-refractivity contribution in [3.8, 4) is 0 Å². The molecule has 0 bridgehead atoms. The predicted molar refractivity (Wildman–Crippen MR) is 95.4 cm³/mol. The van der Waals surface area contributed by atoms with Gasteiger partial charge in [-0.25, -0.2) is 0 Å². The van der Waals surface area contributed by atoms with Gasteiger partial charge in [0.1, 0.15) is 5.52 Å². The molecule has 1 aromatic heterocycles. The summed E-state index contributed by atoms with van der Waals surface area (Å²) in [7, 11) is 0. The fourth-order valence-corrected chi connectivity index (χ4v) is 4.51. The van der Waals surface area contributed by atoms with Crippen LogP contribution in [-0.2, 0) is 4.79 Å². The number of piperidine rings is 1. The van der Waals surface area contributed by atoms with Gasteiger partial charge in [-0.05, 0) is 49.9 Å². The number of carbonyl (C=O) groups excluding carboxylic acids is 1. The Morgan fingerprint density at radius 1 is 1.16 bits per heavy atom. The van der Waals surface area contributed by atoms with Crippen molar-refractivity contribution in [3.63, 3.8) is 0 Å². The van der Waals surface area contributed by atoms with Crippen LogP contribution in [0.1, 0.15) is 19.3 Å². The highest BCUT2D eigenvalue weighted by Crippen LogP contribution is 2.59. The summed E-state index contributed by atoms with van der Waals surface area (Å²) in [5, 5.41) is 3.41. The van der Waals surface area contributed by atoms with E-state index in [-0.39, 0.29) is 5.92 Å². The van der Waals surface area contributed by atoms with E-state index >= 15 is 0 Å². The summed E-state index contributed by atoms with van der Waals surface area (Å²) in [6, 6.07) is 8.51. The minimum Gasteiger partial charge on any atom is -0.423 e. The van der Waals surface area contributed by atoms with Crippen LogP contribution in [0.2, 0.25) is 0 Å². The normalized spacial score (nSPS) is 25.5. The summed E-state index contributed by atoms with van der Waals surface area (Å²) in [5.74, 6) is 0.643. The van der Waals surface area contributed by atoms with Crippen LogP contribution in [0.4, 0.5) is 6.01 Å². The Morgan fingerprint density at radius 2 is 1.92 bits per heavy atom. The Labute approximate surface area is 147 Å². The van der Waals surface area contributed by atoms with Crippen molar-refractivity contribution in [2.75, 3.05) is 44.2 Å². The molecule has 2 aromatic rings. The lowest BCUT2D eigenvalue weighted by Gasteiger charge is -2.34. The van der Waals surface area contributed by atoms with E-state index in [0.717, 1.165) is 69.6 Å². The maximum atomic E-state index is 12.9. The molecular formula is C19H24N4O2. The molecule has 3 aliphatic rings. The minimum atomic E-state index is 0.269. The van der Waals surface area contributed by atoms with Gasteiger partial charge in [0.2, 0.25) is 5.91 Å². The summed E-state index contributed by atoms with van der Waals surface area (Å²) in [6.45, 7) is 5.25. The molecular weight excluding hydrogens is 316 g/mol. The van der Waals surface area contributed by atoms with Crippen LogP contribution in [-0.4, -0.2) is 55.1 Å². The number of oxazole rings is 1. The molecule has 6 heteroatoms. The number of benzene rings is 1. The third-order valence-corrected chi connectivity index (χ3v) is 6.23. The van der Waals surface area contributed by atoms with E-state index in [2.05, 4.69) is 20.1 Å². The third-order valence-electron chi connectivity index (χ3n) is 6.23. The molecule has 1 aliphatic carbocycles. The van der Waals surface area contributed by atoms with E-state index in [4.69, 9.17) is 4.42 Å². The fraction of sp³-hybridized carbons (Fsp3) is 0.579. The smallest absolute Gasteiger partial charge is 0.298 e. The second kappa shape index (κ2) is 5.73. The van der Waals surface area contributed by atoms with E-state index in [9.17, 15) is 4.79 Å². The number of rotatable bonds is 2. The zero-order valence-electron chi connectivity index (χ0n) is 14.4. The van der Waals surface area contributed by atoms with Crippen molar-refractivity contribution in [1.82, 2.24) is 15.2 Å². The number of anilines is 1. The number of hydrogen-bond acceptors (Lipinski definition) is 5. The number of piperazine rings is 1. The molecule has 132 valence electrons. The summed E-state index contributed by atoms with van der Waals surface area (Å²) < 4.78 is 5.86. The van der Waals surface area contributed by atoms with E-state index < -0.39 is 0 Å². The monoisotopic (exact) mass is 340 g/mol. The number of aromatic nitrogens is 1. The number of carbonyl (C=O) groups is 1. The van der Waals surface area contributed by atoms with E-state index in [1.54, 1.807) is 0 Å². The molecule has 1 atom stereocenters. The summed E-state index contributed by atoms with van der Waals surface area (Å²) in [5.41, 5.74) is 2.03. The van der Waals surface area contributed by atoms with E-state index in [1.165, 1.54) is 0 Å². The maximum absolute atomic E-state index is 12.9. The topological polar surface area (TPSA) is 61.6 Å². The lowest BCUT2D eigenvalue weighted by Crippen LogP contribution is -2.50. The Bertz CT molecular complexity index is 755. The summed E-state index contributed by atoms with van der Waals surface area (Å²) in [6.07, 6.45) is 3.41. The molecule has 25 heavy (non-hydrogen) atoms. The van der Waals surface area contributed by atoms with Crippen LogP contribution >= 0.6 is 0 Å². The van der Waals surface area contributed by atoms with Crippen molar-refractivity contribution in [2.45, 2.75) is 19.3 Å². The Kier molecular flexibility index (Phi) is 3.48. The van der Waals surface area contributed by atoms with Crippen LogP contribution in [0, 0.1) is 11.3 Å². The molecule has 3 fully saturated rings. The lowest BCUT2D eigenvalue weighted by atomic mass is 9.91. The Hall–Kier alpha value is -2.08. The highest BCUT2D eigenvalue weighted by molar-refractivity contribution is 5.83. The van der Waals surface area contributed by atoms with Gasteiger partial charge in [0.25, 0.3) is 6.01 Å². The van der Waals surface area contributed by atoms with Gasteiger partial charge in [-0.2, -0.15) is 4.98 Å². The van der Waals surface area contributed by atoms with Crippen molar-refractivity contribution in [2.24, 2.45) is 11.3 Å². The number of para-hydroxylation sites is 2. The molecule has 1 amide bonds. The second-order valence-electron chi connectivity index (χ2n) is 7.65. The minimum absolute atomic E-state index is 0.269. The third kappa shape index (κ3) is 2.59. The van der Waals surface area contributed by atoms with Crippen molar-refractivity contribution < 1.29 is 9.21 Å². The van der Waals surface area contributed by atoms with Gasteiger partial charge in [0.05, 0.1) is 0 Å². The first kappa shape index (κ1) is 15.2. The van der Waals surface area contributed by atoms with Gasteiger partial charge >= 0.3 is 0 Å². The van der Waals surface area contributed by atoms with Crippen LogP contribution < -0.4 is 10.2 Å². The Balaban J connectivity index is 1.22. The van der Waals surface area contributed by atoms with Crippen LogP contribution in [0.5, 0.6) is 0 Å². The van der Waals surface area contributed by atoms with E-state index in [1.807, 2.05) is 24.3 Å². The average Bonchev–Trinajstić information content (AvgIpc) is 3.16. The molecule has 6 nitrogen and oxygen atoms in total. The van der Waals surface area contributed by atoms with Crippen molar-refractivity contribution in [3.05, 3.63) is 24.3 Å². The van der Waals surface area contributed by atoms with Gasteiger partial charge in [-0.3, -0.25) is 4.79 Å². The van der Waals surface area contributed by atoms with Gasteiger partial charge in [0.15, 0.2) is 5.58 Å². The first-order chi connectivity index (χ1) is 12.3. The molecule has 2 saturated heterocycles. The fourth-order valence-electron chi connectivity index (χ4n) is 4.51. The molecule has 5 rings (SSSR count). The van der Waals surface area contributed by atoms with Gasteiger partial charge in [-0.1, -0.05) is 12.1 Å². The number of nitrogens with zero attached hydrogens (tertiary/aromatic N) is 3. The molecule has 0 radical (unpaired) electrons. The SMILES string of the molecule is O=C(C1CC12CCNCC2)N1CCN(c2nc3ccccc3o2)CC1. The zero-order valence-corrected chi connectivity index (χ0v) is 14.4. The molecule has 1 unspecified atom stereocenters. The average molecular weight is 340 g/mol. The molecule has 2 aliphatic heterocycles. The summed E-state index contributed by atoms with van der Waals surface area (Å²) in [4.78, 5) is 21.6. The first-order valence-corrected chi connectivity index (χ1v) is 9.35. The van der Waals surface area contributed by atoms with Gasteiger partial charge in [-0.15, -0.1) is 0 Å². The molecule has 1 saturated carbocycles. The summed E-state index contributed by atoms with van der Waals surface area (Å²) >= 11 is 0. The highest BCUT2D eigenvalue weighted by atomic mass is 16.4. The highest BCUT2D eigenvalue weighted by Gasteiger charge is 2.58. The number of fused-ring (bicyclic) bond motifs is 1. The van der Waals surface area contributed by atoms with Gasteiger partial charge < -0.3 is 19.5 Å². The van der Waals surface area contributed by atoms with E-state index in [0.29, 0.717) is 17.3 Å². The Morgan fingerprint density at radius 3 is 2.68 bits per heavy atom. The maximum Gasteiger partial charge on any atom is 0.298 e. The van der Waals surface area contributed by atoms with Crippen LogP contribution in [0.25, 0.3) is 11.1 Å². The molecule has 1 N–H and O–H groups in total. The van der Waals surface area contributed by atoms with Crippen LogP contribution in [0.3, 0.4) is 0 Å². The molecule has 1 spiro atoms. The number of hydrogen-bond donors (Lipinski definition) is 1.